The topological polar surface area (TPSA) is 50.8 Å². The van der Waals surface area contributed by atoms with E-state index in [4.69, 9.17) is 9.47 Å². The Morgan fingerprint density at radius 1 is 1.29 bits per heavy atom. The van der Waals surface area contributed by atoms with E-state index in [2.05, 4.69) is 17.3 Å². The van der Waals surface area contributed by atoms with Gasteiger partial charge in [0.2, 0.25) is 5.91 Å². The van der Waals surface area contributed by atoms with Gasteiger partial charge >= 0.3 is 0 Å². The highest BCUT2D eigenvalue weighted by atomic mass is 16.7. The van der Waals surface area contributed by atoms with Crippen molar-refractivity contribution in [1.29, 1.82) is 0 Å². The van der Waals surface area contributed by atoms with Gasteiger partial charge < -0.3 is 19.7 Å². The predicted octanol–water partition coefficient (Wildman–Crippen LogP) is 1.62. The number of fused-ring (bicyclic) bond motifs is 1. The fourth-order valence-electron chi connectivity index (χ4n) is 4.18. The first-order valence-electron chi connectivity index (χ1n) is 8.18. The van der Waals surface area contributed by atoms with Crippen LogP contribution in [0.4, 0.5) is 0 Å². The van der Waals surface area contributed by atoms with Crippen molar-refractivity contribution in [1.82, 2.24) is 10.2 Å². The number of piperidine rings is 1. The van der Waals surface area contributed by atoms with E-state index >= 15 is 0 Å². The predicted molar refractivity (Wildman–Crippen MR) is 81.9 cm³/mol. The van der Waals surface area contributed by atoms with Crippen LogP contribution >= 0.6 is 0 Å². The van der Waals surface area contributed by atoms with Gasteiger partial charge in [0.05, 0.1) is 5.92 Å². The minimum Gasteiger partial charge on any atom is -0.353 e. The lowest BCUT2D eigenvalue weighted by molar-refractivity contribution is -0.242. The second-order valence-corrected chi connectivity index (χ2v) is 7.04. The van der Waals surface area contributed by atoms with Crippen LogP contribution in [0, 0.1) is 11.8 Å². The van der Waals surface area contributed by atoms with E-state index in [9.17, 15) is 4.79 Å². The molecular formula is C16H30N2O3. The van der Waals surface area contributed by atoms with Gasteiger partial charge in [0.25, 0.3) is 0 Å². The fourth-order valence-corrected chi connectivity index (χ4v) is 4.18. The van der Waals surface area contributed by atoms with Gasteiger partial charge in [-0.05, 0) is 38.6 Å². The SMILES string of the molecule is COC1(OC)CC[C@@H]2[C@H](C[C@@H](C(=O)NC3CC3)CN2C)C1.[HH]. The van der Waals surface area contributed by atoms with Gasteiger partial charge in [0, 0.05) is 47.1 Å². The zero-order valence-corrected chi connectivity index (χ0v) is 13.4. The highest BCUT2D eigenvalue weighted by molar-refractivity contribution is 5.79. The van der Waals surface area contributed by atoms with Crippen LogP contribution in [0.1, 0.15) is 40.0 Å². The van der Waals surface area contributed by atoms with E-state index in [1.165, 1.54) is 0 Å². The lowest BCUT2D eigenvalue weighted by Gasteiger charge is -2.50. The average molecular weight is 298 g/mol. The Kier molecular flexibility index (Phi) is 4.26. The molecule has 3 fully saturated rings. The molecule has 0 spiro atoms. The second kappa shape index (κ2) is 5.86. The average Bonchev–Trinajstić information content (AvgIpc) is 3.30. The third kappa shape index (κ3) is 3.10. The molecule has 1 heterocycles. The van der Waals surface area contributed by atoms with Crippen molar-refractivity contribution >= 4 is 5.91 Å². The maximum absolute atomic E-state index is 12.4. The number of carbonyl (C=O) groups excluding carboxylic acids is 1. The second-order valence-electron chi connectivity index (χ2n) is 7.04. The van der Waals surface area contributed by atoms with Crippen molar-refractivity contribution in [2.75, 3.05) is 27.8 Å². The molecule has 122 valence electrons. The van der Waals surface area contributed by atoms with Gasteiger partial charge in [0.15, 0.2) is 5.79 Å². The molecule has 0 aromatic heterocycles. The normalized spacial score (nSPS) is 36.0. The lowest BCUT2D eigenvalue weighted by atomic mass is 9.72. The van der Waals surface area contributed by atoms with Crippen molar-refractivity contribution in [3.05, 3.63) is 0 Å². The Hall–Kier alpha value is -0.650. The summed E-state index contributed by atoms with van der Waals surface area (Å²) in [7, 11) is 5.61. The monoisotopic (exact) mass is 298 g/mol. The number of rotatable bonds is 4. The van der Waals surface area contributed by atoms with Gasteiger partial charge in [0.1, 0.15) is 0 Å². The van der Waals surface area contributed by atoms with Crippen molar-refractivity contribution in [3.8, 4) is 0 Å². The summed E-state index contributed by atoms with van der Waals surface area (Å²) in [5.74, 6) is 0.388. The zero-order chi connectivity index (χ0) is 15.0. The van der Waals surface area contributed by atoms with Crippen molar-refractivity contribution < 1.29 is 15.7 Å². The minimum atomic E-state index is -0.448. The molecule has 3 aliphatic rings. The molecule has 1 amide bonds. The molecule has 2 aliphatic carbocycles. The van der Waals surface area contributed by atoms with Crippen molar-refractivity contribution in [2.45, 2.75) is 56.4 Å². The Labute approximate surface area is 128 Å². The molecule has 0 bridgehead atoms. The van der Waals surface area contributed by atoms with Crippen molar-refractivity contribution in [2.24, 2.45) is 11.8 Å². The number of hydrogen-bond donors (Lipinski definition) is 1. The van der Waals surface area contributed by atoms with Crippen LogP contribution in [0.3, 0.4) is 0 Å². The van der Waals surface area contributed by atoms with Crippen LogP contribution < -0.4 is 5.32 Å². The van der Waals surface area contributed by atoms with Gasteiger partial charge in [-0.25, -0.2) is 0 Å². The molecule has 3 atom stereocenters. The summed E-state index contributed by atoms with van der Waals surface area (Å²) >= 11 is 0. The first-order chi connectivity index (χ1) is 10.1. The Balaban J connectivity index is 0.00000176. The van der Waals surface area contributed by atoms with Gasteiger partial charge in [-0.1, -0.05) is 0 Å². The summed E-state index contributed by atoms with van der Waals surface area (Å²) < 4.78 is 11.3. The van der Waals surface area contributed by atoms with E-state index in [-0.39, 0.29) is 13.3 Å². The molecule has 1 N–H and O–H groups in total. The number of nitrogens with one attached hydrogen (secondary N) is 1. The zero-order valence-electron chi connectivity index (χ0n) is 13.4. The number of amides is 1. The van der Waals surface area contributed by atoms with E-state index in [1.54, 1.807) is 14.2 Å². The molecular weight excluding hydrogens is 268 g/mol. The van der Waals surface area contributed by atoms with Crippen LogP contribution in [0.5, 0.6) is 0 Å². The number of methoxy groups -OCH3 is 2. The van der Waals surface area contributed by atoms with Crippen LogP contribution in [-0.2, 0) is 14.3 Å². The summed E-state index contributed by atoms with van der Waals surface area (Å²) in [5, 5.41) is 3.16. The molecule has 3 rings (SSSR count). The highest BCUT2D eigenvalue weighted by Gasteiger charge is 2.47. The Morgan fingerprint density at radius 2 is 2.00 bits per heavy atom. The van der Waals surface area contributed by atoms with Gasteiger partial charge in [-0.3, -0.25) is 4.79 Å². The molecule has 2 saturated carbocycles. The van der Waals surface area contributed by atoms with Crippen LogP contribution in [0.25, 0.3) is 0 Å². The van der Waals surface area contributed by atoms with E-state index < -0.39 is 5.79 Å². The minimum absolute atomic E-state index is 0. The molecule has 5 heteroatoms. The lowest BCUT2D eigenvalue weighted by Crippen LogP contribution is -2.56. The van der Waals surface area contributed by atoms with E-state index in [1.807, 2.05) is 0 Å². The Morgan fingerprint density at radius 3 is 2.62 bits per heavy atom. The first-order valence-corrected chi connectivity index (χ1v) is 8.18. The Bertz CT molecular complexity index is 399. The molecule has 0 radical (unpaired) electrons. The number of hydrogen-bond acceptors (Lipinski definition) is 4. The summed E-state index contributed by atoms with van der Waals surface area (Å²) in [4.78, 5) is 14.7. The summed E-state index contributed by atoms with van der Waals surface area (Å²) in [6.45, 7) is 0.882. The van der Waals surface area contributed by atoms with Crippen molar-refractivity contribution in [3.63, 3.8) is 0 Å². The molecule has 0 unspecified atom stereocenters. The maximum Gasteiger partial charge on any atom is 0.224 e. The largest absolute Gasteiger partial charge is 0.353 e. The quantitative estimate of drug-likeness (QED) is 0.801. The summed E-state index contributed by atoms with van der Waals surface area (Å²) in [6, 6.07) is 1.01. The maximum atomic E-state index is 12.4. The molecule has 0 aromatic rings. The number of likely N-dealkylation sites (tertiary alicyclic amines) is 1. The first kappa shape index (κ1) is 15.3. The smallest absolute Gasteiger partial charge is 0.224 e. The molecule has 5 nitrogen and oxygen atoms in total. The third-order valence-corrected chi connectivity index (χ3v) is 5.64. The standard InChI is InChI=1S/C16H28N2O3.H2/c1-18-10-12(15(19)17-13-4-5-13)8-11-9-16(20-2,21-3)7-6-14(11)18;/h11-14H,4-10H2,1-3H3,(H,17,19);1H/t11-,12-,14-;/m1./s1. The van der Waals surface area contributed by atoms with E-state index in [0.29, 0.717) is 18.0 Å². The van der Waals surface area contributed by atoms with Crippen LogP contribution in [0.15, 0.2) is 0 Å². The molecule has 1 aliphatic heterocycles. The molecule has 0 aromatic carbocycles. The molecule has 1 saturated heterocycles. The van der Waals surface area contributed by atoms with Crippen LogP contribution in [0.2, 0.25) is 0 Å². The molecule has 21 heavy (non-hydrogen) atoms. The number of nitrogens with zero attached hydrogens (tertiary/aromatic N) is 1. The van der Waals surface area contributed by atoms with Crippen LogP contribution in [-0.4, -0.2) is 56.5 Å². The van der Waals surface area contributed by atoms with Gasteiger partial charge in [-0.2, -0.15) is 0 Å². The van der Waals surface area contributed by atoms with E-state index in [0.717, 1.165) is 45.1 Å². The highest BCUT2D eigenvalue weighted by Crippen LogP contribution is 2.43. The summed E-state index contributed by atoms with van der Waals surface area (Å²) in [5.41, 5.74) is 0. The fraction of sp³-hybridized carbons (Fsp3) is 0.938. The number of ether oxygens (including phenoxy) is 2. The van der Waals surface area contributed by atoms with Gasteiger partial charge in [-0.15, -0.1) is 0 Å². The third-order valence-electron chi connectivity index (χ3n) is 5.64. The number of carbonyl (C=O) groups is 1. The summed E-state index contributed by atoms with van der Waals surface area (Å²) in [6.07, 6.45) is 6.17.